The van der Waals surface area contributed by atoms with Crippen molar-refractivity contribution in [1.29, 1.82) is 0 Å². The first kappa shape index (κ1) is 12.6. The van der Waals surface area contributed by atoms with Gasteiger partial charge in [-0.1, -0.05) is 23.7 Å². The summed E-state index contributed by atoms with van der Waals surface area (Å²) in [5.41, 5.74) is 1.00. The van der Waals surface area contributed by atoms with Gasteiger partial charge in [0.1, 0.15) is 5.78 Å². The van der Waals surface area contributed by atoms with Gasteiger partial charge in [-0.25, -0.2) is 0 Å². The Kier molecular flexibility index (Phi) is 4.15. The fourth-order valence-electron chi connectivity index (χ4n) is 2.09. The highest BCUT2D eigenvalue weighted by atomic mass is 35.5. The Balaban J connectivity index is 1.99. The van der Waals surface area contributed by atoms with Crippen LogP contribution in [0.15, 0.2) is 24.3 Å². The smallest absolute Gasteiger partial charge is 0.144 e. The Hall–Kier alpha value is -0.900. The standard InChI is InChI=1S/C13H16ClNO2/c1-15-12-8-17-7-11(12)13(16)6-9-2-4-10(14)5-3-9/h2-5,11-12,15H,6-8H2,1H3. The summed E-state index contributed by atoms with van der Waals surface area (Å²) in [6, 6.07) is 7.56. The van der Waals surface area contributed by atoms with E-state index in [0.29, 0.717) is 24.7 Å². The summed E-state index contributed by atoms with van der Waals surface area (Å²) >= 11 is 5.81. The number of ether oxygens (including phenoxy) is 1. The largest absolute Gasteiger partial charge is 0.379 e. The average Bonchev–Trinajstić information content (AvgIpc) is 2.80. The van der Waals surface area contributed by atoms with E-state index in [1.165, 1.54) is 0 Å². The van der Waals surface area contributed by atoms with Crippen LogP contribution in [-0.4, -0.2) is 32.1 Å². The maximum atomic E-state index is 12.1. The van der Waals surface area contributed by atoms with Crippen LogP contribution in [0.5, 0.6) is 0 Å². The van der Waals surface area contributed by atoms with Gasteiger partial charge in [0.05, 0.1) is 19.1 Å². The summed E-state index contributed by atoms with van der Waals surface area (Å²) in [7, 11) is 1.86. The fourth-order valence-corrected chi connectivity index (χ4v) is 2.22. The van der Waals surface area contributed by atoms with Crippen LogP contribution in [0.25, 0.3) is 0 Å². The molecule has 1 N–H and O–H groups in total. The zero-order valence-corrected chi connectivity index (χ0v) is 10.5. The van der Waals surface area contributed by atoms with Gasteiger partial charge in [0.15, 0.2) is 0 Å². The molecular weight excluding hydrogens is 238 g/mol. The van der Waals surface area contributed by atoms with E-state index in [1.54, 1.807) is 0 Å². The molecule has 1 heterocycles. The van der Waals surface area contributed by atoms with E-state index in [0.717, 1.165) is 5.56 Å². The third kappa shape index (κ3) is 3.06. The van der Waals surface area contributed by atoms with Crippen molar-refractivity contribution in [3.05, 3.63) is 34.9 Å². The molecule has 1 aliphatic heterocycles. The molecule has 92 valence electrons. The van der Waals surface area contributed by atoms with Crippen molar-refractivity contribution in [3.63, 3.8) is 0 Å². The highest BCUT2D eigenvalue weighted by Crippen LogP contribution is 2.18. The van der Waals surface area contributed by atoms with Gasteiger partial charge in [-0.05, 0) is 24.7 Å². The molecule has 0 aromatic heterocycles. The molecular formula is C13H16ClNO2. The third-order valence-corrected chi connectivity index (χ3v) is 3.41. The summed E-state index contributed by atoms with van der Waals surface area (Å²) in [5.74, 6) is 0.194. The zero-order valence-electron chi connectivity index (χ0n) is 9.78. The van der Waals surface area contributed by atoms with Crippen LogP contribution in [-0.2, 0) is 16.0 Å². The van der Waals surface area contributed by atoms with Gasteiger partial charge < -0.3 is 10.1 Å². The van der Waals surface area contributed by atoms with Crippen molar-refractivity contribution in [2.75, 3.05) is 20.3 Å². The molecule has 1 saturated heterocycles. The maximum Gasteiger partial charge on any atom is 0.144 e. The molecule has 3 nitrogen and oxygen atoms in total. The van der Waals surface area contributed by atoms with Crippen LogP contribution < -0.4 is 5.32 Å². The summed E-state index contributed by atoms with van der Waals surface area (Å²) < 4.78 is 5.33. The maximum absolute atomic E-state index is 12.1. The number of benzene rings is 1. The van der Waals surface area contributed by atoms with Crippen LogP contribution in [0.4, 0.5) is 0 Å². The summed E-state index contributed by atoms with van der Waals surface area (Å²) in [6.07, 6.45) is 0.448. The Labute approximate surface area is 106 Å². The lowest BCUT2D eigenvalue weighted by atomic mass is 9.94. The van der Waals surface area contributed by atoms with E-state index in [9.17, 15) is 4.79 Å². The van der Waals surface area contributed by atoms with E-state index >= 15 is 0 Å². The van der Waals surface area contributed by atoms with Crippen molar-refractivity contribution >= 4 is 17.4 Å². The molecule has 1 fully saturated rings. The summed E-state index contributed by atoms with van der Waals surface area (Å²) in [6.45, 7) is 1.14. The lowest BCUT2D eigenvalue weighted by molar-refractivity contribution is -0.122. The van der Waals surface area contributed by atoms with Crippen LogP contribution in [0.2, 0.25) is 5.02 Å². The lowest BCUT2D eigenvalue weighted by Crippen LogP contribution is -2.37. The molecule has 0 aliphatic carbocycles. The Morgan fingerprint density at radius 3 is 2.76 bits per heavy atom. The second-order valence-corrected chi connectivity index (χ2v) is 4.75. The number of hydrogen-bond donors (Lipinski definition) is 1. The second-order valence-electron chi connectivity index (χ2n) is 4.31. The Bertz CT molecular complexity index is 391. The van der Waals surface area contributed by atoms with Gasteiger partial charge in [0.2, 0.25) is 0 Å². The molecule has 0 amide bonds. The molecule has 0 bridgehead atoms. The second kappa shape index (κ2) is 5.63. The van der Waals surface area contributed by atoms with E-state index < -0.39 is 0 Å². The number of hydrogen-bond acceptors (Lipinski definition) is 3. The lowest BCUT2D eigenvalue weighted by Gasteiger charge is -2.15. The van der Waals surface area contributed by atoms with Crippen LogP contribution in [0.3, 0.4) is 0 Å². The fraction of sp³-hybridized carbons (Fsp3) is 0.462. The molecule has 2 rings (SSSR count). The SMILES string of the molecule is CNC1COCC1C(=O)Cc1ccc(Cl)cc1. The zero-order chi connectivity index (χ0) is 12.3. The molecule has 2 unspecified atom stereocenters. The highest BCUT2D eigenvalue weighted by Gasteiger charge is 2.32. The first-order valence-electron chi connectivity index (χ1n) is 5.73. The minimum atomic E-state index is -0.0318. The van der Waals surface area contributed by atoms with Gasteiger partial charge in [-0.15, -0.1) is 0 Å². The van der Waals surface area contributed by atoms with Crippen molar-refractivity contribution < 1.29 is 9.53 Å². The van der Waals surface area contributed by atoms with Gasteiger partial charge in [-0.2, -0.15) is 0 Å². The number of likely N-dealkylation sites (N-methyl/N-ethyl adjacent to an activating group) is 1. The molecule has 0 spiro atoms. The third-order valence-electron chi connectivity index (χ3n) is 3.16. The van der Waals surface area contributed by atoms with Crippen LogP contribution in [0.1, 0.15) is 5.56 Å². The number of carbonyl (C=O) groups is 1. The Morgan fingerprint density at radius 1 is 1.41 bits per heavy atom. The topological polar surface area (TPSA) is 38.3 Å². The number of rotatable bonds is 4. The molecule has 4 heteroatoms. The summed E-state index contributed by atoms with van der Waals surface area (Å²) in [5, 5.41) is 3.82. The van der Waals surface area contributed by atoms with Crippen LogP contribution >= 0.6 is 11.6 Å². The van der Waals surface area contributed by atoms with E-state index in [4.69, 9.17) is 16.3 Å². The van der Waals surface area contributed by atoms with Gasteiger partial charge in [0, 0.05) is 17.5 Å². The number of halogens is 1. The van der Waals surface area contributed by atoms with Gasteiger partial charge in [-0.3, -0.25) is 4.79 Å². The first-order chi connectivity index (χ1) is 8.20. The molecule has 0 saturated carbocycles. The van der Waals surface area contributed by atoms with E-state index in [-0.39, 0.29) is 17.7 Å². The molecule has 17 heavy (non-hydrogen) atoms. The molecule has 1 aromatic rings. The predicted octanol–water partition coefficient (Wildman–Crippen LogP) is 1.69. The van der Waals surface area contributed by atoms with Crippen molar-refractivity contribution in [3.8, 4) is 0 Å². The highest BCUT2D eigenvalue weighted by molar-refractivity contribution is 6.30. The molecule has 1 aliphatic rings. The monoisotopic (exact) mass is 253 g/mol. The molecule has 0 radical (unpaired) electrons. The number of ketones is 1. The Morgan fingerprint density at radius 2 is 2.12 bits per heavy atom. The minimum Gasteiger partial charge on any atom is -0.379 e. The van der Waals surface area contributed by atoms with E-state index in [2.05, 4.69) is 5.32 Å². The van der Waals surface area contributed by atoms with Gasteiger partial charge in [0.25, 0.3) is 0 Å². The van der Waals surface area contributed by atoms with Gasteiger partial charge >= 0.3 is 0 Å². The number of nitrogens with one attached hydrogen (secondary N) is 1. The molecule has 2 atom stereocenters. The van der Waals surface area contributed by atoms with Crippen molar-refractivity contribution in [1.82, 2.24) is 5.32 Å². The minimum absolute atomic E-state index is 0.0318. The van der Waals surface area contributed by atoms with Crippen LogP contribution in [0, 0.1) is 5.92 Å². The first-order valence-corrected chi connectivity index (χ1v) is 6.10. The average molecular weight is 254 g/mol. The normalized spacial score (nSPS) is 23.9. The van der Waals surface area contributed by atoms with E-state index in [1.807, 2.05) is 31.3 Å². The number of Topliss-reactive ketones (excluding diaryl/α,β-unsaturated/α-hetero) is 1. The van der Waals surface area contributed by atoms with Crippen molar-refractivity contribution in [2.24, 2.45) is 5.92 Å². The summed E-state index contributed by atoms with van der Waals surface area (Å²) in [4.78, 5) is 12.1. The number of carbonyl (C=O) groups excluding carboxylic acids is 1. The predicted molar refractivity (Wildman–Crippen MR) is 67.3 cm³/mol. The molecule has 1 aromatic carbocycles. The quantitative estimate of drug-likeness (QED) is 0.888. The van der Waals surface area contributed by atoms with Crippen molar-refractivity contribution in [2.45, 2.75) is 12.5 Å².